The number of furan rings is 1. The monoisotopic (exact) mass is 258 g/mol. The zero-order valence-corrected chi connectivity index (χ0v) is 12.3. The van der Waals surface area contributed by atoms with Crippen molar-refractivity contribution in [2.45, 2.75) is 38.9 Å². The number of hydrogen-bond donors (Lipinski definition) is 0. The van der Waals surface area contributed by atoms with Crippen LogP contribution in [0, 0.1) is 0 Å². The Labute approximate surface area is 103 Å². The highest BCUT2D eigenvalue weighted by Gasteiger charge is 2.33. The van der Waals surface area contributed by atoms with Crippen LogP contribution < -0.4 is 0 Å². The molecule has 90 valence electrons. The van der Waals surface area contributed by atoms with Gasteiger partial charge in [-0.2, -0.15) is 0 Å². The highest BCUT2D eigenvalue weighted by Crippen LogP contribution is 2.34. The van der Waals surface area contributed by atoms with Gasteiger partial charge in [0.05, 0.1) is 11.7 Å². The molecule has 0 saturated heterocycles. The minimum atomic E-state index is -1.66. The van der Waals surface area contributed by atoms with Crippen LogP contribution in [-0.2, 0) is 9.84 Å². The van der Waals surface area contributed by atoms with E-state index in [1.807, 2.05) is 26.0 Å². The van der Waals surface area contributed by atoms with Crippen molar-refractivity contribution in [2.24, 2.45) is 0 Å². The van der Waals surface area contributed by atoms with Crippen LogP contribution in [0.4, 0.5) is 0 Å². The van der Waals surface area contributed by atoms with Crippen LogP contribution in [0.1, 0.15) is 19.6 Å². The van der Waals surface area contributed by atoms with E-state index in [-0.39, 0.29) is 5.41 Å². The van der Waals surface area contributed by atoms with Gasteiger partial charge in [-0.3, -0.25) is 0 Å². The lowest BCUT2D eigenvalue weighted by molar-refractivity contribution is 0.300. The molecule has 0 radical (unpaired) electrons. The maximum absolute atomic E-state index is 5.98. The van der Waals surface area contributed by atoms with Gasteiger partial charge in [-0.05, 0) is 45.6 Å². The van der Waals surface area contributed by atoms with Gasteiger partial charge in [-0.1, -0.05) is 11.6 Å². The molecule has 0 fully saturated rings. The van der Waals surface area contributed by atoms with Crippen LogP contribution >= 0.6 is 11.6 Å². The summed E-state index contributed by atoms with van der Waals surface area (Å²) in [5.41, 5.74) is 1.19. The predicted molar refractivity (Wildman–Crippen MR) is 70.1 cm³/mol. The van der Waals surface area contributed by atoms with Gasteiger partial charge in [0.2, 0.25) is 8.32 Å². The first-order valence-electron chi connectivity index (χ1n) is 5.31. The number of rotatable bonds is 4. The van der Waals surface area contributed by atoms with Crippen molar-refractivity contribution in [2.75, 3.05) is 0 Å². The fourth-order valence-electron chi connectivity index (χ4n) is 1.37. The highest BCUT2D eigenvalue weighted by molar-refractivity contribution is 6.70. The topological polar surface area (TPSA) is 22.4 Å². The lowest BCUT2D eigenvalue weighted by Gasteiger charge is -2.31. The molecular formula is C12H19ClO2Si. The SMILES string of the molecule is CC(C)(C(=CCl)O[Si](C)(C)C)c1ccco1. The van der Waals surface area contributed by atoms with Gasteiger partial charge in [-0.25, -0.2) is 0 Å². The van der Waals surface area contributed by atoms with Gasteiger partial charge in [-0.15, -0.1) is 0 Å². The van der Waals surface area contributed by atoms with Gasteiger partial charge in [0, 0.05) is 5.54 Å². The molecule has 2 nitrogen and oxygen atoms in total. The molecule has 0 amide bonds. The first-order valence-corrected chi connectivity index (χ1v) is 9.15. The molecule has 1 aromatic heterocycles. The van der Waals surface area contributed by atoms with Gasteiger partial charge >= 0.3 is 0 Å². The molecule has 0 aromatic carbocycles. The molecule has 0 spiro atoms. The first kappa shape index (κ1) is 13.4. The van der Waals surface area contributed by atoms with Gasteiger partial charge in [0.15, 0.2) is 0 Å². The van der Waals surface area contributed by atoms with Gasteiger partial charge in [0.25, 0.3) is 0 Å². The Kier molecular flexibility index (Phi) is 3.91. The molecule has 0 aliphatic heterocycles. The summed E-state index contributed by atoms with van der Waals surface area (Å²) >= 11 is 5.87. The molecule has 0 atom stereocenters. The molecule has 0 unspecified atom stereocenters. The first-order chi connectivity index (χ1) is 7.27. The van der Waals surface area contributed by atoms with Crippen LogP contribution in [0.2, 0.25) is 19.6 Å². The summed E-state index contributed by atoms with van der Waals surface area (Å²) in [4.78, 5) is 0. The second kappa shape index (κ2) is 4.68. The van der Waals surface area contributed by atoms with E-state index in [1.54, 1.807) is 6.26 Å². The quantitative estimate of drug-likeness (QED) is 0.587. The van der Waals surface area contributed by atoms with E-state index < -0.39 is 8.32 Å². The normalized spacial score (nSPS) is 14.0. The Hall–Kier alpha value is -0.673. The maximum atomic E-state index is 5.98. The summed E-state index contributed by atoms with van der Waals surface area (Å²) in [6, 6.07) is 3.81. The van der Waals surface area contributed by atoms with E-state index in [1.165, 1.54) is 5.54 Å². The third-order valence-electron chi connectivity index (χ3n) is 2.27. The standard InChI is InChI=1S/C12H19ClO2Si/c1-12(2,10-7-6-8-14-10)11(9-13)15-16(3,4)5/h6-9H,1-5H3. The Bertz CT molecular complexity index is 361. The number of allylic oxidation sites excluding steroid dienone is 1. The van der Waals surface area contributed by atoms with E-state index in [2.05, 4.69) is 19.6 Å². The smallest absolute Gasteiger partial charge is 0.241 e. The second-order valence-electron chi connectivity index (χ2n) is 5.29. The van der Waals surface area contributed by atoms with E-state index in [9.17, 15) is 0 Å². The summed E-state index contributed by atoms with van der Waals surface area (Å²) in [5.74, 6) is 1.63. The molecular weight excluding hydrogens is 240 g/mol. The molecule has 0 bridgehead atoms. The van der Waals surface area contributed by atoms with Crippen LogP contribution in [-0.4, -0.2) is 8.32 Å². The molecule has 0 N–H and O–H groups in total. The molecule has 4 heteroatoms. The average molecular weight is 259 g/mol. The van der Waals surface area contributed by atoms with Crippen molar-refractivity contribution in [3.05, 3.63) is 35.5 Å². The Morgan fingerprint density at radius 1 is 1.44 bits per heavy atom. The number of hydrogen-bond acceptors (Lipinski definition) is 2. The molecule has 1 rings (SSSR count). The lowest BCUT2D eigenvalue weighted by Crippen LogP contribution is -2.32. The van der Waals surface area contributed by atoms with Crippen molar-refractivity contribution in [1.29, 1.82) is 0 Å². The minimum absolute atomic E-state index is 0.328. The molecule has 0 saturated carbocycles. The van der Waals surface area contributed by atoms with E-state index in [4.69, 9.17) is 20.4 Å². The number of halogens is 1. The zero-order chi connectivity index (χ0) is 12.4. The Morgan fingerprint density at radius 3 is 2.44 bits per heavy atom. The van der Waals surface area contributed by atoms with Crippen molar-refractivity contribution in [3.8, 4) is 0 Å². The van der Waals surface area contributed by atoms with Gasteiger partial charge in [0.1, 0.15) is 11.5 Å². The van der Waals surface area contributed by atoms with Crippen LogP contribution in [0.3, 0.4) is 0 Å². The minimum Gasteiger partial charge on any atom is -0.546 e. The van der Waals surface area contributed by atoms with E-state index in [0.29, 0.717) is 0 Å². The second-order valence-corrected chi connectivity index (χ2v) is 9.94. The Balaban J connectivity index is 2.98. The Morgan fingerprint density at radius 2 is 2.06 bits per heavy atom. The summed E-state index contributed by atoms with van der Waals surface area (Å²) in [5, 5.41) is 0. The predicted octanol–water partition coefficient (Wildman–Crippen LogP) is 4.49. The van der Waals surface area contributed by atoms with Crippen molar-refractivity contribution >= 4 is 19.9 Å². The summed E-state index contributed by atoms with van der Waals surface area (Å²) in [6.45, 7) is 10.5. The van der Waals surface area contributed by atoms with E-state index >= 15 is 0 Å². The van der Waals surface area contributed by atoms with Crippen molar-refractivity contribution in [1.82, 2.24) is 0 Å². The molecule has 0 aliphatic rings. The lowest BCUT2D eigenvalue weighted by atomic mass is 9.89. The zero-order valence-electron chi connectivity index (χ0n) is 10.5. The largest absolute Gasteiger partial charge is 0.546 e. The third-order valence-corrected chi connectivity index (χ3v) is 3.30. The fourth-order valence-corrected chi connectivity index (χ4v) is 2.74. The summed E-state index contributed by atoms with van der Waals surface area (Å²) in [7, 11) is -1.66. The van der Waals surface area contributed by atoms with Gasteiger partial charge < -0.3 is 8.84 Å². The maximum Gasteiger partial charge on any atom is 0.241 e. The van der Waals surface area contributed by atoms with Crippen LogP contribution in [0.15, 0.2) is 34.1 Å². The van der Waals surface area contributed by atoms with Crippen molar-refractivity contribution in [3.63, 3.8) is 0 Å². The molecule has 0 aliphatic carbocycles. The van der Waals surface area contributed by atoms with Crippen molar-refractivity contribution < 1.29 is 8.84 Å². The third kappa shape index (κ3) is 3.16. The molecule has 1 aromatic rings. The van der Waals surface area contributed by atoms with Crippen LogP contribution in [0.5, 0.6) is 0 Å². The fraction of sp³-hybridized carbons (Fsp3) is 0.500. The summed E-state index contributed by atoms with van der Waals surface area (Å²) in [6.07, 6.45) is 1.66. The van der Waals surface area contributed by atoms with Crippen LogP contribution in [0.25, 0.3) is 0 Å². The molecule has 16 heavy (non-hydrogen) atoms. The van der Waals surface area contributed by atoms with E-state index in [0.717, 1.165) is 11.5 Å². The average Bonchev–Trinajstić information content (AvgIpc) is 2.65. The highest BCUT2D eigenvalue weighted by atomic mass is 35.5. The molecule has 1 heterocycles. The summed E-state index contributed by atoms with van der Waals surface area (Å²) < 4.78 is 11.4.